The van der Waals surface area contributed by atoms with Crippen molar-refractivity contribution in [2.24, 2.45) is 0 Å². The van der Waals surface area contributed by atoms with Crippen LogP contribution in [0.2, 0.25) is 0 Å². The molecule has 14 nitrogen and oxygen atoms in total. The van der Waals surface area contributed by atoms with Crippen LogP contribution in [0.5, 0.6) is 0 Å². The average molecular weight is 474 g/mol. The molecule has 182 valence electrons. The van der Waals surface area contributed by atoms with Crippen LogP contribution in [0.3, 0.4) is 0 Å². The number of likely N-dealkylation sites (tertiary alicyclic amines) is 1. The number of hydrogen-bond donors (Lipinski definition) is 3. The number of hydrogen-bond acceptors (Lipinski definition) is 12. The lowest BCUT2D eigenvalue weighted by atomic mass is 10.1. The molecule has 2 fully saturated rings. The standard InChI is InChI=1S/C20H26N8O6/c1-3-32-20(31)27-6-4-11(5-7-27)25-16-12-17(22-8-21-16)28(9-23-12)19-14(30)13(29)15(33-19)18-24-10(2)26-34-18/h8-9,11,13-15,19,29-30H,3-7H2,1-2H3,(H,21,22,25)/t13-,14-,15-,19+/m0/s1. The number of fused-ring (bicyclic) bond motifs is 1. The van der Waals surface area contributed by atoms with Crippen LogP contribution < -0.4 is 5.32 Å². The molecule has 2 saturated heterocycles. The van der Waals surface area contributed by atoms with E-state index >= 15 is 0 Å². The summed E-state index contributed by atoms with van der Waals surface area (Å²) in [6.07, 6.45) is -0.450. The summed E-state index contributed by atoms with van der Waals surface area (Å²) in [5.41, 5.74) is 0.928. The molecule has 0 aromatic carbocycles. The van der Waals surface area contributed by atoms with E-state index in [1.165, 1.54) is 12.7 Å². The van der Waals surface area contributed by atoms with Crippen molar-refractivity contribution in [3.63, 3.8) is 0 Å². The van der Waals surface area contributed by atoms with Crippen LogP contribution >= 0.6 is 0 Å². The fourth-order valence-corrected chi connectivity index (χ4v) is 4.28. The van der Waals surface area contributed by atoms with Crippen LogP contribution in [0.15, 0.2) is 17.2 Å². The highest BCUT2D eigenvalue weighted by molar-refractivity contribution is 5.82. The summed E-state index contributed by atoms with van der Waals surface area (Å²) in [4.78, 5) is 30.8. The largest absolute Gasteiger partial charge is 0.450 e. The van der Waals surface area contributed by atoms with Gasteiger partial charge in [0.2, 0.25) is 0 Å². The monoisotopic (exact) mass is 474 g/mol. The van der Waals surface area contributed by atoms with E-state index in [1.807, 2.05) is 0 Å². The van der Waals surface area contributed by atoms with Crippen molar-refractivity contribution in [1.29, 1.82) is 0 Å². The molecule has 0 saturated carbocycles. The zero-order valence-corrected chi connectivity index (χ0v) is 18.7. The Kier molecular flexibility index (Phi) is 6.02. The van der Waals surface area contributed by atoms with Gasteiger partial charge in [-0.15, -0.1) is 0 Å². The Bertz CT molecular complexity index is 1160. The van der Waals surface area contributed by atoms with Crippen LogP contribution in [-0.4, -0.2) is 88.8 Å². The van der Waals surface area contributed by atoms with Gasteiger partial charge in [0.1, 0.15) is 18.5 Å². The smallest absolute Gasteiger partial charge is 0.409 e. The Morgan fingerprint density at radius 1 is 1.24 bits per heavy atom. The number of aliphatic hydroxyl groups is 2. The van der Waals surface area contributed by atoms with Crippen molar-refractivity contribution in [2.75, 3.05) is 25.0 Å². The minimum absolute atomic E-state index is 0.0853. The van der Waals surface area contributed by atoms with E-state index in [0.29, 0.717) is 42.5 Å². The Morgan fingerprint density at radius 3 is 2.74 bits per heavy atom. The summed E-state index contributed by atoms with van der Waals surface area (Å²) in [6.45, 7) is 4.95. The number of nitrogens with one attached hydrogen (secondary N) is 1. The number of ether oxygens (including phenoxy) is 2. The summed E-state index contributed by atoms with van der Waals surface area (Å²) in [7, 11) is 0. The maximum atomic E-state index is 11.9. The van der Waals surface area contributed by atoms with Gasteiger partial charge in [0, 0.05) is 19.1 Å². The number of aliphatic hydroxyl groups excluding tert-OH is 2. The SMILES string of the molecule is CCOC(=O)N1CCC(Nc2ncnc3c2ncn3[C@@H]2O[C@H](c3nc(C)no3)[C@@H](O)[C@@H]2O)CC1. The number of aromatic nitrogens is 6. The quantitative estimate of drug-likeness (QED) is 0.469. The molecule has 14 heteroatoms. The lowest BCUT2D eigenvalue weighted by Gasteiger charge is -2.31. The summed E-state index contributed by atoms with van der Waals surface area (Å²) in [6, 6.07) is 0.0919. The van der Waals surface area contributed by atoms with Crippen molar-refractivity contribution in [1.82, 2.24) is 34.6 Å². The van der Waals surface area contributed by atoms with Crippen LogP contribution in [0.4, 0.5) is 10.6 Å². The first kappa shape index (κ1) is 22.4. The molecular weight excluding hydrogens is 448 g/mol. The number of carbonyl (C=O) groups excluding carboxylic acids is 1. The number of piperidine rings is 1. The second kappa shape index (κ2) is 9.12. The van der Waals surface area contributed by atoms with E-state index in [0.717, 1.165) is 12.8 Å². The van der Waals surface area contributed by atoms with E-state index in [9.17, 15) is 15.0 Å². The van der Waals surface area contributed by atoms with Gasteiger partial charge in [0.25, 0.3) is 5.89 Å². The number of aryl methyl sites for hydroxylation is 1. The third-order valence-corrected chi connectivity index (χ3v) is 6.02. The lowest BCUT2D eigenvalue weighted by molar-refractivity contribution is -0.0451. The minimum atomic E-state index is -1.27. The summed E-state index contributed by atoms with van der Waals surface area (Å²) in [5, 5.41) is 28.3. The zero-order valence-electron chi connectivity index (χ0n) is 18.7. The summed E-state index contributed by atoms with van der Waals surface area (Å²) >= 11 is 0. The van der Waals surface area contributed by atoms with Gasteiger partial charge in [0.15, 0.2) is 35.1 Å². The van der Waals surface area contributed by atoms with Crippen LogP contribution in [0, 0.1) is 6.92 Å². The molecule has 0 bridgehead atoms. The molecule has 2 aliphatic heterocycles. The second-order valence-corrected chi connectivity index (χ2v) is 8.26. The van der Waals surface area contributed by atoms with Gasteiger partial charge in [-0.2, -0.15) is 4.98 Å². The second-order valence-electron chi connectivity index (χ2n) is 8.26. The lowest BCUT2D eigenvalue weighted by Crippen LogP contribution is -2.42. The Morgan fingerprint density at radius 2 is 2.03 bits per heavy atom. The highest BCUT2D eigenvalue weighted by atomic mass is 16.6. The normalized spacial score (nSPS) is 25.7. The van der Waals surface area contributed by atoms with Crippen molar-refractivity contribution < 1.29 is 29.0 Å². The predicted octanol–water partition coefficient (Wildman–Crippen LogP) is 0.542. The number of rotatable bonds is 5. The van der Waals surface area contributed by atoms with Gasteiger partial charge >= 0.3 is 6.09 Å². The Hall–Kier alpha value is -3.36. The maximum absolute atomic E-state index is 11.9. The molecule has 0 spiro atoms. The van der Waals surface area contributed by atoms with Crippen molar-refractivity contribution in [3.8, 4) is 0 Å². The van der Waals surface area contributed by atoms with Crippen molar-refractivity contribution in [2.45, 2.75) is 57.3 Å². The number of imidazole rings is 1. The van der Waals surface area contributed by atoms with Gasteiger partial charge in [-0.3, -0.25) is 4.57 Å². The molecule has 2 aliphatic rings. The molecule has 5 rings (SSSR count). The number of nitrogens with zero attached hydrogens (tertiary/aromatic N) is 7. The van der Waals surface area contributed by atoms with E-state index in [-0.39, 0.29) is 18.0 Å². The topological polar surface area (TPSA) is 174 Å². The third kappa shape index (κ3) is 4.03. The van der Waals surface area contributed by atoms with E-state index < -0.39 is 24.5 Å². The average Bonchev–Trinajstić information content (AvgIpc) is 3.53. The van der Waals surface area contributed by atoms with Gasteiger partial charge in [-0.1, -0.05) is 5.16 Å². The van der Waals surface area contributed by atoms with Crippen molar-refractivity contribution in [3.05, 3.63) is 24.4 Å². The van der Waals surface area contributed by atoms with Gasteiger partial charge in [-0.25, -0.2) is 19.7 Å². The summed E-state index contributed by atoms with van der Waals surface area (Å²) < 4.78 is 17.6. The molecule has 3 aromatic heterocycles. The Balaban J connectivity index is 1.32. The minimum Gasteiger partial charge on any atom is -0.450 e. The number of carbonyl (C=O) groups is 1. The van der Waals surface area contributed by atoms with Crippen LogP contribution in [-0.2, 0) is 9.47 Å². The molecule has 0 aliphatic carbocycles. The molecule has 34 heavy (non-hydrogen) atoms. The molecular formula is C20H26N8O6. The zero-order chi connectivity index (χ0) is 23.8. The number of amides is 1. The molecule has 3 aromatic rings. The molecule has 5 heterocycles. The Labute approximate surface area is 193 Å². The first-order valence-corrected chi connectivity index (χ1v) is 11.1. The van der Waals surface area contributed by atoms with Gasteiger partial charge in [-0.05, 0) is 26.7 Å². The first-order chi connectivity index (χ1) is 16.5. The molecule has 0 unspecified atom stereocenters. The van der Waals surface area contributed by atoms with E-state index in [4.69, 9.17) is 14.0 Å². The highest BCUT2D eigenvalue weighted by Gasteiger charge is 2.47. The first-order valence-electron chi connectivity index (χ1n) is 11.1. The van der Waals surface area contributed by atoms with E-state index in [1.54, 1.807) is 23.3 Å². The molecule has 4 atom stereocenters. The van der Waals surface area contributed by atoms with E-state index in [2.05, 4.69) is 30.4 Å². The highest BCUT2D eigenvalue weighted by Crippen LogP contribution is 2.39. The van der Waals surface area contributed by atoms with Gasteiger partial charge in [0.05, 0.1) is 12.9 Å². The maximum Gasteiger partial charge on any atom is 0.409 e. The molecule has 1 amide bonds. The molecule has 0 radical (unpaired) electrons. The fraction of sp³-hybridized carbons (Fsp3) is 0.600. The fourth-order valence-electron chi connectivity index (χ4n) is 4.28. The third-order valence-electron chi connectivity index (χ3n) is 6.02. The predicted molar refractivity (Wildman–Crippen MR) is 114 cm³/mol. The number of anilines is 1. The van der Waals surface area contributed by atoms with Crippen LogP contribution in [0.1, 0.15) is 43.8 Å². The van der Waals surface area contributed by atoms with Crippen molar-refractivity contribution >= 4 is 23.1 Å². The van der Waals surface area contributed by atoms with Crippen LogP contribution in [0.25, 0.3) is 11.2 Å². The molecule has 3 N–H and O–H groups in total. The van der Waals surface area contributed by atoms with Gasteiger partial charge < -0.3 is 34.4 Å². The summed E-state index contributed by atoms with van der Waals surface area (Å²) in [5.74, 6) is 1.02.